The third kappa shape index (κ3) is 4.41. The standard InChI is InChI=1S/C12H14F3N3O/c1-8(4-5-19)7-17-11-9(6-16)2-3-10(18-11)12(13,14)15/h2-3,8,19H,4-5,7H2,1H3,(H,17,18). The molecule has 2 N–H and O–H groups in total. The fraction of sp³-hybridized carbons (Fsp3) is 0.500. The van der Waals surface area contributed by atoms with E-state index in [2.05, 4.69) is 10.3 Å². The fourth-order valence-electron chi connectivity index (χ4n) is 1.44. The molecule has 104 valence electrons. The monoisotopic (exact) mass is 273 g/mol. The molecule has 0 aliphatic heterocycles. The highest BCUT2D eigenvalue weighted by molar-refractivity contribution is 5.52. The molecule has 1 aromatic rings. The van der Waals surface area contributed by atoms with Crippen LogP contribution in [0, 0.1) is 17.2 Å². The second-order valence-electron chi connectivity index (χ2n) is 4.20. The Morgan fingerprint density at radius 1 is 1.47 bits per heavy atom. The first-order valence-electron chi connectivity index (χ1n) is 5.71. The minimum atomic E-state index is -4.54. The number of aliphatic hydroxyl groups excluding tert-OH is 1. The predicted molar refractivity (Wildman–Crippen MR) is 63.3 cm³/mol. The Balaban J connectivity index is 2.89. The minimum absolute atomic E-state index is 0.00394. The zero-order valence-corrected chi connectivity index (χ0v) is 10.3. The zero-order chi connectivity index (χ0) is 14.5. The number of hydrogen-bond acceptors (Lipinski definition) is 4. The molecule has 19 heavy (non-hydrogen) atoms. The zero-order valence-electron chi connectivity index (χ0n) is 10.3. The predicted octanol–water partition coefficient (Wildman–Crippen LogP) is 2.40. The molecule has 0 saturated carbocycles. The fourth-order valence-corrected chi connectivity index (χ4v) is 1.44. The summed E-state index contributed by atoms with van der Waals surface area (Å²) in [5.41, 5.74) is -0.979. The van der Waals surface area contributed by atoms with Crippen LogP contribution in [0.15, 0.2) is 12.1 Å². The summed E-state index contributed by atoms with van der Waals surface area (Å²) in [6, 6.07) is 3.66. The van der Waals surface area contributed by atoms with Crippen molar-refractivity contribution in [3.8, 4) is 6.07 Å². The molecule has 0 saturated heterocycles. The van der Waals surface area contributed by atoms with Crippen LogP contribution in [0.2, 0.25) is 0 Å². The SMILES string of the molecule is CC(CCO)CNc1nc(C(F)(F)F)ccc1C#N. The van der Waals surface area contributed by atoms with Gasteiger partial charge in [0.05, 0.1) is 5.56 Å². The largest absolute Gasteiger partial charge is 0.433 e. The van der Waals surface area contributed by atoms with Gasteiger partial charge in [-0.2, -0.15) is 18.4 Å². The Hall–Kier alpha value is -1.81. The molecule has 0 radical (unpaired) electrons. The van der Waals surface area contributed by atoms with Gasteiger partial charge in [-0.15, -0.1) is 0 Å². The van der Waals surface area contributed by atoms with E-state index in [9.17, 15) is 13.2 Å². The van der Waals surface area contributed by atoms with Gasteiger partial charge in [-0.05, 0) is 24.5 Å². The first-order chi connectivity index (χ1) is 8.88. The molecule has 0 aliphatic rings. The lowest BCUT2D eigenvalue weighted by molar-refractivity contribution is -0.141. The molecule has 0 bridgehead atoms. The minimum Gasteiger partial charge on any atom is -0.396 e. The van der Waals surface area contributed by atoms with Crippen LogP contribution in [0.25, 0.3) is 0 Å². The van der Waals surface area contributed by atoms with Crippen molar-refractivity contribution in [1.29, 1.82) is 5.26 Å². The number of pyridine rings is 1. The van der Waals surface area contributed by atoms with E-state index >= 15 is 0 Å². The van der Waals surface area contributed by atoms with Gasteiger partial charge in [0.1, 0.15) is 17.6 Å². The number of nitrogens with zero attached hydrogens (tertiary/aromatic N) is 2. The summed E-state index contributed by atoms with van der Waals surface area (Å²) in [5, 5.41) is 20.3. The normalized spacial score (nSPS) is 12.8. The molecule has 0 spiro atoms. The number of nitriles is 1. The van der Waals surface area contributed by atoms with E-state index in [-0.39, 0.29) is 23.9 Å². The summed E-state index contributed by atoms with van der Waals surface area (Å²) in [6.07, 6.45) is -4.02. The molecular formula is C12H14F3N3O. The van der Waals surface area contributed by atoms with Crippen molar-refractivity contribution < 1.29 is 18.3 Å². The van der Waals surface area contributed by atoms with Crippen molar-refractivity contribution >= 4 is 5.82 Å². The van der Waals surface area contributed by atoms with Crippen molar-refractivity contribution in [2.24, 2.45) is 5.92 Å². The van der Waals surface area contributed by atoms with Crippen LogP contribution in [0.4, 0.5) is 19.0 Å². The van der Waals surface area contributed by atoms with Crippen molar-refractivity contribution in [3.05, 3.63) is 23.4 Å². The second kappa shape index (κ2) is 6.38. The summed E-state index contributed by atoms with van der Waals surface area (Å²) < 4.78 is 37.6. The van der Waals surface area contributed by atoms with E-state index in [1.807, 2.05) is 6.92 Å². The number of alkyl halides is 3. The lowest BCUT2D eigenvalue weighted by Gasteiger charge is -2.14. The number of aromatic nitrogens is 1. The molecular weight excluding hydrogens is 259 g/mol. The molecule has 1 rings (SSSR count). The Kier molecular flexibility index (Phi) is 5.12. The molecule has 0 aliphatic carbocycles. The number of hydrogen-bond donors (Lipinski definition) is 2. The molecule has 0 amide bonds. The van der Waals surface area contributed by atoms with Gasteiger partial charge in [0, 0.05) is 13.2 Å². The summed E-state index contributed by atoms with van der Waals surface area (Å²) in [7, 11) is 0. The molecule has 7 heteroatoms. The highest BCUT2D eigenvalue weighted by Crippen LogP contribution is 2.29. The third-order valence-electron chi connectivity index (χ3n) is 2.55. The molecule has 4 nitrogen and oxygen atoms in total. The maximum Gasteiger partial charge on any atom is 0.433 e. The van der Waals surface area contributed by atoms with Crippen molar-refractivity contribution in [2.75, 3.05) is 18.5 Å². The van der Waals surface area contributed by atoms with Gasteiger partial charge >= 0.3 is 6.18 Å². The Labute approximate surface area is 108 Å². The average molecular weight is 273 g/mol. The number of nitrogens with one attached hydrogen (secondary N) is 1. The smallest absolute Gasteiger partial charge is 0.396 e. The van der Waals surface area contributed by atoms with Crippen LogP contribution in [-0.4, -0.2) is 23.2 Å². The van der Waals surface area contributed by atoms with Gasteiger partial charge < -0.3 is 10.4 Å². The van der Waals surface area contributed by atoms with E-state index in [4.69, 9.17) is 10.4 Å². The molecule has 1 atom stereocenters. The summed E-state index contributed by atoms with van der Waals surface area (Å²) >= 11 is 0. The summed E-state index contributed by atoms with van der Waals surface area (Å²) in [5.74, 6) is -0.0185. The average Bonchev–Trinajstić information content (AvgIpc) is 2.35. The van der Waals surface area contributed by atoms with Crippen LogP contribution < -0.4 is 5.32 Å². The van der Waals surface area contributed by atoms with Crippen LogP contribution in [0.1, 0.15) is 24.6 Å². The molecule has 0 aromatic carbocycles. The van der Waals surface area contributed by atoms with E-state index < -0.39 is 11.9 Å². The first kappa shape index (κ1) is 15.2. The first-order valence-corrected chi connectivity index (χ1v) is 5.71. The number of anilines is 1. The summed E-state index contributed by atoms with van der Waals surface area (Å²) in [4.78, 5) is 3.43. The molecule has 0 fully saturated rings. The lowest BCUT2D eigenvalue weighted by atomic mass is 10.1. The van der Waals surface area contributed by atoms with Gasteiger partial charge in [0.2, 0.25) is 0 Å². The Bertz CT molecular complexity index is 468. The van der Waals surface area contributed by atoms with Gasteiger partial charge in [0.25, 0.3) is 0 Å². The van der Waals surface area contributed by atoms with Crippen molar-refractivity contribution in [1.82, 2.24) is 4.98 Å². The molecule has 1 heterocycles. The van der Waals surface area contributed by atoms with Crippen molar-refractivity contribution in [3.63, 3.8) is 0 Å². The van der Waals surface area contributed by atoms with Gasteiger partial charge in [-0.1, -0.05) is 6.92 Å². The number of rotatable bonds is 5. The topological polar surface area (TPSA) is 68.9 Å². The second-order valence-corrected chi connectivity index (χ2v) is 4.20. The molecule has 1 aromatic heterocycles. The van der Waals surface area contributed by atoms with E-state index in [1.165, 1.54) is 0 Å². The van der Waals surface area contributed by atoms with Crippen molar-refractivity contribution in [2.45, 2.75) is 19.5 Å². The van der Waals surface area contributed by atoms with Crippen LogP contribution in [0.3, 0.4) is 0 Å². The van der Waals surface area contributed by atoms with E-state index in [0.29, 0.717) is 13.0 Å². The van der Waals surface area contributed by atoms with Gasteiger partial charge in [-0.25, -0.2) is 4.98 Å². The van der Waals surface area contributed by atoms with E-state index in [1.54, 1.807) is 6.07 Å². The Morgan fingerprint density at radius 2 is 2.16 bits per heavy atom. The van der Waals surface area contributed by atoms with Gasteiger partial charge in [-0.3, -0.25) is 0 Å². The number of aliphatic hydroxyl groups is 1. The van der Waals surface area contributed by atoms with Crippen LogP contribution in [-0.2, 0) is 6.18 Å². The van der Waals surface area contributed by atoms with Crippen LogP contribution in [0.5, 0.6) is 0 Å². The van der Waals surface area contributed by atoms with Gasteiger partial charge in [0.15, 0.2) is 0 Å². The Morgan fingerprint density at radius 3 is 2.68 bits per heavy atom. The number of halogens is 3. The summed E-state index contributed by atoms with van der Waals surface area (Å²) in [6.45, 7) is 2.18. The van der Waals surface area contributed by atoms with E-state index in [0.717, 1.165) is 12.1 Å². The van der Waals surface area contributed by atoms with Crippen LogP contribution >= 0.6 is 0 Å². The highest BCUT2D eigenvalue weighted by atomic mass is 19.4. The third-order valence-corrected chi connectivity index (χ3v) is 2.55. The maximum atomic E-state index is 12.5. The lowest BCUT2D eigenvalue weighted by Crippen LogP contribution is -2.16. The molecule has 1 unspecified atom stereocenters. The quantitative estimate of drug-likeness (QED) is 0.864. The highest BCUT2D eigenvalue weighted by Gasteiger charge is 2.33. The maximum absolute atomic E-state index is 12.5.